The topological polar surface area (TPSA) is 77.0 Å². The van der Waals surface area contributed by atoms with E-state index in [0.29, 0.717) is 12.5 Å². The number of hydrogen-bond donors (Lipinski definition) is 2. The average molecular weight is 331 g/mol. The lowest BCUT2D eigenvalue weighted by Crippen LogP contribution is -2.47. The molecule has 1 aliphatic rings. The fraction of sp³-hybridized carbons (Fsp3) is 0.471. The molecule has 0 saturated carbocycles. The minimum Gasteiger partial charge on any atom is -0.347 e. The summed E-state index contributed by atoms with van der Waals surface area (Å²) in [5.41, 5.74) is 2.52. The van der Waals surface area contributed by atoms with E-state index in [1.807, 2.05) is 17.0 Å². The summed E-state index contributed by atoms with van der Waals surface area (Å²) >= 11 is 0. The number of hydrogen-bond acceptors (Lipinski definition) is 3. The summed E-state index contributed by atoms with van der Waals surface area (Å²) in [6.45, 7) is 1.65. The fourth-order valence-electron chi connectivity index (χ4n) is 2.52. The van der Waals surface area contributed by atoms with Gasteiger partial charge in [0, 0.05) is 34.2 Å². The smallest absolute Gasteiger partial charge is 0.242 e. The molecule has 0 radical (unpaired) electrons. The van der Waals surface area contributed by atoms with E-state index in [0.717, 1.165) is 13.0 Å². The van der Waals surface area contributed by atoms with E-state index in [9.17, 15) is 9.59 Å². The summed E-state index contributed by atoms with van der Waals surface area (Å²) in [6.07, 6.45) is 0.881. The van der Waals surface area contributed by atoms with Gasteiger partial charge < -0.3 is 20.4 Å². The first kappa shape index (κ1) is 17.8. The van der Waals surface area contributed by atoms with Crippen LogP contribution in [0.2, 0.25) is 0 Å². The van der Waals surface area contributed by atoms with Crippen LogP contribution < -0.4 is 10.6 Å². The number of guanidine groups is 1. The highest BCUT2D eigenvalue weighted by atomic mass is 16.2. The number of nitrogens with one attached hydrogen (secondary N) is 2. The van der Waals surface area contributed by atoms with Crippen LogP contribution in [0.15, 0.2) is 29.3 Å². The van der Waals surface area contributed by atoms with Gasteiger partial charge in [-0.05, 0) is 17.5 Å². The van der Waals surface area contributed by atoms with Crippen LogP contribution in [0, 0.1) is 0 Å². The minimum absolute atomic E-state index is 0.0198. The Kier molecular flexibility index (Phi) is 6.17. The molecular weight excluding hydrogens is 306 g/mol. The maximum absolute atomic E-state index is 12.4. The van der Waals surface area contributed by atoms with Gasteiger partial charge in [-0.1, -0.05) is 24.3 Å². The van der Waals surface area contributed by atoms with Crippen LogP contribution in [-0.2, 0) is 22.6 Å². The lowest BCUT2D eigenvalue weighted by molar-refractivity contribution is -0.130. The zero-order valence-corrected chi connectivity index (χ0v) is 14.5. The van der Waals surface area contributed by atoms with Gasteiger partial charge in [-0.3, -0.25) is 14.6 Å². The van der Waals surface area contributed by atoms with Gasteiger partial charge in [0.15, 0.2) is 5.96 Å². The Morgan fingerprint density at radius 1 is 1.17 bits per heavy atom. The lowest BCUT2D eigenvalue weighted by atomic mass is 10.00. The first-order chi connectivity index (χ1) is 11.5. The van der Waals surface area contributed by atoms with Crippen molar-refractivity contribution in [3.8, 4) is 0 Å². The van der Waals surface area contributed by atoms with Crippen molar-refractivity contribution in [3.05, 3.63) is 35.4 Å². The normalized spacial score (nSPS) is 14.0. The number of benzene rings is 1. The predicted octanol–water partition coefficient (Wildman–Crippen LogP) is -0.175. The van der Waals surface area contributed by atoms with Crippen LogP contribution in [0.4, 0.5) is 0 Å². The molecule has 0 saturated heterocycles. The summed E-state index contributed by atoms with van der Waals surface area (Å²) < 4.78 is 0. The molecule has 2 rings (SSSR count). The number of amides is 2. The first-order valence-corrected chi connectivity index (χ1v) is 8.00. The van der Waals surface area contributed by atoms with Crippen molar-refractivity contribution in [1.29, 1.82) is 0 Å². The van der Waals surface area contributed by atoms with E-state index in [-0.39, 0.29) is 24.9 Å². The third-order valence-corrected chi connectivity index (χ3v) is 4.02. The molecule has 1 aromatic rings. The van der Waals surface area contributed by atoms with Crippen LogP contribution in [0.3, 0.4) is 0 Å². The van der Waals surface area contributed by atoms with Gasteiger partial charge in [0.25, 0.3) is 0 Å². The Labute approximate surface area is 142 Å². The van der Waals surface area contributed by atoms with Gasteiger partial charge in [0.05, 0.1) is 13.1 Å². The molecule has 24 heavy (non-hydrogen) atoms. The molecule has 130 valence electrons. The lowest BCUT2D eigenvalue weighted by Gasteiger charge is -2.29. The van der Waals surface area contributed by atoms with Crippen molar-refractivity contribution in [2.24, 2.45) is 4.99 Å². The zero-order chi connectivity index (χ0) is 17.5. The Balaban J connectivity index is 1.81. The van der Waals surface area contributed by atoms with E-state index >= 15 is 0 Å². The number of carbonyl (C=O) groups is 2. The van der Waals surface area contributed by atoms with Crippen molar-refractivity contribution in [2.75, 3.05) is 40.8 Å². The molecule has 0 unspecified atom stereocenters. The molecule has 0 aliphatic carbocycles. The van der Waals surface area contributed by atoms with Gasteiger partial charge in [0.1, 0.15) is 0 Å². The van der Waals surface area contributed by atoms with E-state index in [2.05, 4.69) is 27.8 Å². The monoisotopic (exact) mass is 331 g/mol. The summed E-state index contributed by atoms with van der Waals surface area (Å²) in [5.74, 6) is 0.402. The predicted molar refractivity (Wildman–Crippen MR) is 93.6 cm³/mol. The molecule has 0 spiro atoms. The van der Waals surface area contributed by atoms with Crippen molar-refractivity contribution in [1.82, 2.24) is 20.4 Å². The second-order valence-electron chi connectivity index (χ2n) is 5.90. The molecule has 2 amide bonds. The number of rotatable bonds is 4. The third kappa shape index (κ3) is 4.71. The Hall–Kier alpha value is -2.57. The van der Waals surface area contributed by atoms with E-state index < -0.39 is 0 Å². The van der Waals surface area contributed by atoms with Gasteiger partial charge in [-0.15, -0.1) is 0 Å². The van der Waals surface area contributed by atoms with Gasteiger partial charge in [0.2, 0.25) is 11.8 Å². The Morgan fingerprint density at radius 3 is 2.50 bits per heavy atom. The molecule has 0 fully saturated rings. The van der Waals surface area contributed by atoms with Crippen LogP contribution >= 0.6 is 0 Å². The maximum Gasteiger partial charge on any atom is 0.242 e. The highest BCUT2D eigenvalue weighted by molar-refractivity contribution is 5.89. The largest absolute Gasteiger partial charge is 0.347 e. The SMILES string of the molecule is CN=C(NCC(=O)N(C)C)NCC(=O)N1CCc2ccccc2C1. The molecule has 0 bridgehead atoms. The molecule has 0 aromatic heterocycles. The quantitative estimate of drug-likeness (QED) is 0.593. The number of carbonyl (C=O) groups excluding carboxylic acids is 2. The van der Waals surface area contributed by atoms with E-state index in [4.69, 9.17) is 0 Å². The Bertz CT molecular complexity index is 627. The Morgan fingerprint density at radius 2 is 1.83 bits per heavy atom. The summed E-state index contributed by atoms with van der Waals surface area (Å²) in [6, 6.07) is 8.21. The summed E-state index contributed by atoms with van der Waals surface area (Å²) in [7, 11) is 4.99. The minimum atomic E-state index is -0.0584. The van der Waals surface area contributed by atoms with Crippen LogP contribution in [-0.4, -0.2) is 68.4 Å². The van der Waals surface area contributed by atoms with Crippen LogP contribution in [0.25, 0.3) is 0 Å². The van der Waals surface area contributed by atoms with Gasteiger partial charge in [-0.25, -0.2) is 0 Å². The molecule has 2 N–H and O–H groups in total. The highest BCUT2D eigenvalue weighted by Crippen LogP contribution is 2.18. The number of likely N-dealkylation sites (N-methyl/N-ethyl adjacent to an activating group) is 1. The second-order valence-corrected chi connectivity index (χ2v) is 5.90. The van der Waals surface area contributed by atoms with Crippen LogP contribution in [0.1, 0.15) is 11.1 Å². The van der Waals surface area contributed by atoms with Crippen molar-refractivity contribution >= 4 is 17.8 Å². The van der Waals surface area contributed by atoms with Crippen LogP contribution in [0.5, 0.6) is 0 Å². The molecule has 1 heterocycles. The number of fused-ring (bicyclic) bond motifs is 1. The standard InChI is InChI=1S/C17H25N5O2/c1-18-17(19-10-15(23)21(2)3)20-11-16(24)22-9-8-13-6-4-5-7-14(13)12-22/h4-7H,8-12H2,1-3H3,(H2,18,19,20). The second kappa shape index (κ2) is 8.33. The van der Waals surface area contributed by atoms with Gasteiger partial charge in [-0.2, -0.15) is 0 Å². The first-order valence-electron chi connectivity index (χ1n) is 8.00. The van der Waals surface area contributed by atoms with E-state index in [1.54, 1.807) is 21.1 Å². The number of nitrogens with zero attached hydrogens (tertiary/aromatic N) is 3. The van der Waals surface area contributed by atoms with E-state index in [1.165, 1.54) is 16.0 Å². The summed E-state index contributed by atoms with van der Waals surface area (Å²) in [4.78, 5) is 31.3. The molecule has 7 heteroatoms. The average Bonchev–Trinajstić information content (AvgIpc) is 2.60. The van der Waals surface area contributed by atoms with Crippen molar-refractivity contribution < 1.29 is 9.59 Å². The molecule has 0 atom stereocenters. The third-order valence-electron chi connectivity index (χ3n) is 4.02. The van der Waals surface area contributed by atoms with Gasteiger partial charge >= 0.3 is 0 Å². The maximum atomic E-state index is 12.4. The highest BCUT2D eigenvalue weighted by Gasteiger charge is 2.20. The molecule has 1 aromatic carbocycles. The van der Waals surface area contributed by atoms with Crippen molar-refractivity contribution in [2.45, 2.75) is 13.0 Å². The molecule has 1 aliphatic heterocycles. The summed E-state index contributed by atoms with van der Waals surface area (Å²) in [5, 5.41) is 5.86. The number of aliphatic imine (C=N–C) groups is 1. The fourth-order valence-corrected chi connectivity index (χ4v) is 2.52. The van der Waals surface area contributed by atoms with Crippen molar-refractivity contribution in [3.63, 3.8) is 0 Å². The molecule has 7 nitrogen and oxygen atoms in total. The molecular formula is C17H25N5O2. The zero-order valence-electron chi connectivity index (χ0n) is 14.5.